The molecule has 1 aromatic heterocycles. The zero-order chi connectivity index (χ0) is 17.6. The summed E-state index contributed by atoms with van der Waals surface area (Å²) < 4.78 is 5.70. The van der Waals surface area contributed by atoms with Crippen LogP contribution in [0.15, 0.2) is 48.7 Å². The lowest BCUT2D eigenvalue weighted by Crippen LogP contribution is -2.47. The molecule has 4 heteroatoms. The maximum atomic E-state index is 12.7. The van der Waals surface area contributed by atoms with Crippen molar-refractivity contribution in [2.24, 2.45) is 5.92 Å². The van der Waals surface area contributed by atoms with Gasteiger partial charge in [0.2, 0.25) is 5.91 Å². The molecule has 0 bridgehead atoms. The number of aryl methyl sites for hydroxylation is 1. The Morgan fingerprint density at radius 3 is 2.88 bits per heavy atom. The molecule has 1 amide bonds. The van der Waals surface area contributed by atoms with E-state index in [4.69, 9.17) is 4.74 Å². The van der Waals surface area contributed by atoms with Gasteiger partial charge in [-0.3, -0.25) is 9.78 Å². The molecule has 0 unspecified atom stereocenters. The average Bonchev–Trinajstić information content (AvgIpc) is 2.62. The van der Waals surface area contributed by atoms with Crippen LogP contribution in [-0.4, -0.2) is 42.1 Å². The van der Waals surface area contributed by atoms with Crippen molar-refractivity contribution in [1.82, 2.24) is 9.88 Å². The van der Waals surface area contributed by atoms with E-state index in [1.807, 2.05) is 23.1 Å². The van der Waals surface area contributed by atoms with Crippen LogP contribution < -0.4 is 0 Å². The van der Waals surface area contributed by atoms with Crippen LogP contribution in [0.3, 0.4) is 0 Å². The molecule has 1 fully saturated rings. The summed E-state index contributed by atoms with van der Waals surface area (Å²) in [6.07, 6.45) is 4.14. The van der Waals surface area contributed by atoms with Gasteiger partial charge in [0.1, 0.15) is 0 Å². The van der Waals surface area contributed by atoms with Crippen LogP contribution in [0.25, 0.3) is 0 Å². The molecule has 4 nitrogen and oxygen atoms in total. The van der Waals surface area contributed by atoms with Crippen LogP contribution in [-0.2, 0) is 22.4 Å². The van der Waals surface area contributed by atoms with Crippen LogP contribution in [0.1, 0.15) is 23.2 Å². The molecular weight excluding hydrogens is 312 g/mol. The highest BCUT2D eigenvalue weighted by Gasteiger charge is 2.31. The number of aromatic nitrogens is 1. The van der Waals surface area contributed by atoms with Gasteiger partial charge in [-0.05, 0) is 37.5 Å². The molecule has 0 saturated carbocycles. The molecule has 1 aliphatic rings. The van der Waals surface area contributed by atoms with Crippen LogP contribution in [0, 0.1) is 12.8 Å². The normalized spacial score (nSPS) is 20.5. The number of hydrogen-bond acceptors (Lipinski definition) is 3. The van der Waals surface area contributed by atoms with Gasteiger partial charge < -0.3 is 9.64 Å². The fourth-order valence-corrected chi connectivity index (χ4v) is 3.65. The van der Waals surface area contributed by atoms with Gasteiger partial charge in [-0.15, -0.1) is 0 Å². The monoisotopic (exact) mass is 338 g/mol. The van der Waals surface area contributed by atoms with Gasteiger partial charge in [0.15, 0.2) is 0 Å². The fourth-order valence-electron chi connectivity index (χ4n) is 3.65. The third-order valence-electron chi connectivity index (χ3n) is 4.96. The number of rotatable bonds is 5. The summed E-state index contributed by atoms with van der Waals surface area (Å²) in [7, 11) is 1.78. The Kier molecular flexibility index (Phi) is 5.82. The van der Waals surface area contributed by atoms with Gasteiger partial charge in [-0.1, -0.05) is 35.9 Å². The third-order valence-corrected chi connectivity index (χ3v) is 4.96. The summed E-state index contributed by atoms with van der Waals surface area (Å²) in [4.78, 5) is 18.9. The molecule has 0 N–H and O–H groups in total. The number of benzene rings is 1. The molecule has 2 atom stereocenters. The number of carbonyl (C=O) groups excluding carboxylic acids is 1. The van der Waals surface area contributed by atoms with E-state index in [0.29, 0.717) is 12.3 Å². The number of methoxy groups -OCH3 is 1. The molecule has 2 heterocycles. The Labute approximate surface area is 149 Å². The van der Waals surface area contributed by atoms with Gasteiger partial charge in [0.05, 0.1) is 12.5 Å². The van der Waals surface area contributed by atoms with Crippen LogP contribution in [0.5, 0.6) is 0 Å². The number of likely N-dealkylation sites (tertiary alicyclic amines) is 1. The molecule has 132 valence electrons. The summed E-state index contributed by atoms with van der Waals surface area (Å²) in [5.41, 5.74) is 3.41. The van der Waals surface area contributed by atoms with Crippen molar-refractivity contribution in [2.75, 3.05) is 20.2 Å². The molecule has 3 rings (SSSR count). The Hall–Kier alpha value is -2.20. The Morgan fingerprint density at radius 2 is 2.16 bits per heavy atom. The lowest BCUT2D eigenvalue weighted by atomic mass is 9.88. The Balaban J connectivity index is 1.66. The fraction of sp³-hybridized carbons (Fsp3) is 0.429. The zero-order valence-electron chi connectivity index (χ0n) is 15.0. The molecule has 25 heavy (non-hydrogen) atoms. The predicted molar refractivity (Wildman–Crippen MR) is 98.3 cm³/mol. The van der Waals surface area contributed by atoms with E-state index in [1.54, 1.807) is 13.3 Å². The largest absolute Gasteiger partial charge is 0.381 e. The highest BCUT2D eigenvalue weighted by atomic mass is 16.5. The SMILES string of the molecule is CO[C@@H]1CCN(C(=O)Cc2ccccn2)C[C@H]1Cc1cccc(C)c1. The molecule has 0 aliphatic carbocycles. The van der Waals surface area contributed by atoms with Crippen molar-refractivity contribution in [2.45, 2.75) is 32.3 Å². The smallest absolute Gasteiger partial charge is 0.228 e. The second kappa shape index (κ2) is 8.26. The first-order valence-electron chi connectivity index (χ1n) is 8.91. The molecular formula is C21H26N2O2. The first-order valence-corrected chi connectivity index (χ1v) is 8.91. The quantitative estimate of drug-likeness (QED) is 0.841. The van der Waals surface area contributed by atoms with Gasteiger partial charge in [-0.2, -0.15) is 0 Å². The van der Waals surface area contributed by atoms with Gasteiger partial charge in [0, 0.05) is 38.0 Å². The first-order chi connectivity index (χ1) is 12.2. The summed E-state index contributed by atoms with van der Waals surface area (Å²) in [6.45, 7) is 3.62. The van der Waals surface area contributed by atoms with E-state index in [9.17, 15) is 4.79 Å². The van der Waals surface area contributed by atoms with E-state index in [0.717, 1.165) is 31.6 Å². The Bertz CT molecular complexity index is 702. The number of ether oxygens (including phenoxy) is 1. The van der Waals surface area contributed by atoms with E-state index < -0.39 is 0 Å². The van der Waals surface area contributed by atoms with Gasteiger partial charge in [0.25, 0.3) is 0 Å². The molecule has 0 radical (unpaired) electrons. The minimum atomic E-state index is 0.155. The molecule has 1 aromatic carbocycles. The highest BCUT2D eigenvalue weighted by Crippen LogP contribution is 2.24. The molecule has 1 aliphatic heterocycles. The van der Waals surface area contributed by atoms with Crippen molar-refractivity contribution in [3.63, 3.8) is 0 Å². The van der Waals surface area contributed by atoms with Crippen molar-refractivity contribution in [3.8, 4) is 0 Å². The summed E-state index contributed by atoms with van der Waals surface area (Å²) in [5.74, 6) is 0.482. The maximum absolute atomic E-state index is 12.7. The minimum Gasteiger partial charge on any atom is -0.381 e. The standard InChI is InChI=1S/C21H26N2O2/c1-16-6-5-7-17(12-16)13-18-15-23(11-9-20(18)25-2)21(24)14-19-8-3-4-10-22-19/h3-8,10,12,18,20H,9,11,13-15H2,1-2H3/t18-,20-/m1/s1. The molecule has 1 saturated heterocycles. The van der Waals surface area contributed by atoms with Crippen LogP contribution in [0.4, 0.5) is 0 Å². The predicted octanol–water partition coefficient (Wildman–Crippen LogP) is 3.04. The molecule has 0 spiro atoms. The number of piperidine rings is 1. The topological polar surface area (TPSA) is 42.4 Å². The lowest BCUT2D eigenvalue weighted by molar-refractivity contribution is -0.134. The highest BCUT2D eigenvalue weighted by molar-refractivity contribution is 5.78. The summed E-state index contributed by atoms with van der Waals surface area (Å²) in [5, 5.41) is 0. The van der Waals surface area contributed by atoms with Gasteiger partial charge >= 0.3 is 0 Å². The third kappa shape index (κ3) is 4.67. The van der Waals surface area contributed by atoms with E-state index in [-0.39, 0.29) is 12.0 Å². The summed E-state index contributed by atoms with van der Waals surface area (Å²) in [6, 6.07) is 14.3. The number of pyridine rings is 1. The van der Waals surface area contributed by atoms with Crippen molar-refractivity contribution in [3.05, 3.63) is 65.5 Å². The molecule has 2 aromatic rings. The number of carbonyl (C=O) groups is 1. The number of amides is 1. The van der Waals surface area contributed by atoms with E-state index in [1.165, 1.54) is 11.1 Å². The number of nitrogens with zero attached hydrogens (tertiary/aromatic N) is 2. The van der Waals surface area contributed by atoms with Crippen LogP contribution in [0.2, 0.25) is 0 Å². The second-order valence-corrected chi connectivity index (χ2v) is 6.85. The zero-order valence-corrected chi connectivity index (χ0v) is 15.0. The summed E-state index contributed by atoms with van der Waals surface area (Å²) >= 11 is 0. The first kappa shape index (κ1) is 17.6. The van der Waals surface area contributed by atoms with Crippen molar-refractivity contribution >= 4 is 5.91 Å². The van der Waals surface area contributed by atoms with Gasteiger partial charge in [-0.25, -0.2) is 0 Å². The Morgan fingerprint density at radius 1 is 1.28 bits per heavy atom. The number of hydrogen-bond donors (Lipinski definition) is 0. The average molecular weight is 338 g/mol. The van der Waals surface area contributed by atoms with Crippen LogP contribution >= 0.6 is 0 Å². The minimum absolute atomic E-state index is 0.155. The second-order valence-electron chi connectivity index (χ2n) is 6.85. The van der Waals surface area contributed by atoms with E-state index >= 15 is 0 Å². The van der Waals surface area contributed by atoms with Crippen molar-refractivity contribution < 1.29 is 9.53 Å². The van der Waals surface area contributed by atoms with E-state index in [2.05, 4.69) is 36.2 Å². The van der Waals surface area contributed by atoms with Crippen molar-refractivity contribution in [1.29, 1.82) is 0 Å². The maximum Gasteiger partial charge on any atom is 0.228 e. The lowest BCUT2D eigenvalue weighted by Gasteiger charge is -2.38.